The monoisotopic (exact) mass is 312 g/mol. The summed E-state index contributed by atoms with van der Waals surface area (Å²) in [5, 5.41) is 18.5. The number of thioether (sulfide) groups is 1. The van der Waals surface area contributed by atoms with Crippen molar-refractivity contribution in [1.82, 2.24) is 30.8 Å². The number of hydrogen-bond acceptors (Lipinski definition) is 6. The quantitative estimate of drug-likeness (QED) is 0.546. The van der Waals surface area contributed by atoms with Crippen molar-refractivity contribution >= 4 is 17.7 Å². The highest BCUT2D eigenvalue weighted by Gasteiger charge is 2.22. The number of nitrogens with zero attached hydrogens (tertiary/aromatic N) is 4. The summed E-state index contributed by atoms with van der Waals surface area (Å²) in [5.74, 6) is 0.0770. The van der Waals surface area contributed by atoms with Crippen LogP contribution >= 0.6 is 11.8 Å². The van der Waals surface area contributed by atoms with Crippen molar-refractivity contribution in [3.8, 4) is 0 Å². The lowest BCUT2D eigenvalue weighted by Crippen LogP contribution is -2.37. The first-order valence-corrected chi connectivity index (χ1v) is 8.52. The van der Waals surface area contributed by atoms with Gasteiger partial charge in [-0.2, -0.15) is 0 Å². The Labute approximate surface area is 129 Å². The van der Waals surface area contributed by atoms with Gasteiger partial charge in [0.25, 0.3) is 0 Å². The van der Waals surface area contributed by atoms with Crippen molar-refractivity contribution in [2.24, 2.45) is 0 Å². The van der Waals surface area contributed by atoms with Crippen LogP contribution < -0.4 is 10.6 Å². The number of hydrogen-bond donors (Lipinski definition) is 2. The van der Waals surface area contributed by atoms with E-state index in [9.17, 15) is 4.79 Å². The highest BCUT2D eigenvalue weighted by molar-refractivity contribution is 8.00. The van der Waals surface area contributed by atoms with E-state index in [1.54, 1.807) is 4.68 Å². The molecular formula is C13H24N6OS. The summed E-state index contributed by atoms with van der Waals surface area (Å²) < 4.78 is 1.74. The summed E-state index contributed by atoms with van der Waals surface area (Å²) in [6.07, 6.45) is 4.64. The van der Waals surface area contributed by atoms with Crippen molar-refractivity contribution in [2.75, 3.05) is 13.1 Å². The van der Waals surface area contributed by atoms with Crippen LogP contribution in [0.4, 0.5) is 0 Å². The van der Waals surface area contributed by atoms with E-state index in [1.807, 2.05) is 6.92 Å². The van der Waals surface area contributed by atoms with Gasteiger partial charge in [-0.05, 0) is 36.7 Å². The van der Waals surface area contributed by atoms with E-state index in [0.29, 0.717) is 17.7 Å². The van der Waals surface area contributed by atoms with Gasteiger partial charge in [0.05, 0.1) is 11.8 Å². The number of carbonyl (C=O) groups excluding carboxylic acids is 1. The van der Waals surface area contributed by atoms with Crippen molar-refractivity contribution in [1.29, 1.82) is 0 Å². The Morgan fingerprint density at radius 3 is 2.95 bits per heavy atom. The Hall–Kier alpha value is -1.15. The SMILES string of the molecule is CCNCCn1nnnc1SC(C)C(=O)NC1CCCC1. The molecule has 1 amide bonds. The second-order valence-corrected chi connectivity index (χ2v) is 6.60. The van der Waals surface area contributed by atoms with Crippen LogP contribution in [0.3, 0.4) is 0 Å². The number of nitrogens with one attached hydrogen (secondary N) is 2. The summed E-state index contributed by atoms with van der Waals surface area (Å²) >= 11 is 1.41. The minimum absolute atomic E-state index is 0.0770. The molecule has 0 bridgehead atoms. The molecule has 1 aliphatic rings. The third-order valence-corrected chi connectivity index (χ3v) is 4.67. The van der Waals surface area contributed by atoms with Crippen LogP contribution in [0.5, 0.6) is 0 Å². The van der Waals surface area contributed by atoms with Gasteiger partial charge in [-0.3, -0.25) is 4.79 Å². The van der Waals surface area contributed by atoms with E-state index in [-0.39, 0.29) is 11.2 Å². The van der Waals surface area contributed by atoms with E-state index < -0.39 is 0 Å². The number of aromatic nitrogens is 4. The van der Waals surface area contributed by atoms with Crippen LogP contribution in [0.1, 0.15) is 39.5 Å². The fourth-order valence-electron chi connectivity index (χ4n) is 2.38. The molecule has 1 heterocycles. The number of carbonyl (C=O) groups is 1. The Balaban J connectivity index is 1.82. The predicted molar refractivity (Wildman–Crippen MR) is 82.1 cm³/mol. The summed E-state index contributed by atoms with van der Waals surface area (Å²) in [4.78, 5) is 12.2. The fraction of sp³-hybridized carbons (Fsp3) is 0.846. The zero-order valence-corrected chi connectivity index (χ0v) is 13.5. The van der Waals surface area contributed by atoms with Crippen LogP contribution in [-0.4, -0.2) is 50.5 Å². The van der Waals surface area contributed by atoms with Gasteiger partial charge in [0, 0.05) is 12.6 Å². The molecule has 1 aromatic rings. The molecule has 21 heavy (non-hydrogen) atoms. The number of likely N-dealkylation sites (N-methyl/N-ethyl adjacent to an activating group) is 1. The highest BCUT2D eigenvalue weighted by Crippen LogP contribution is 2.22. The van der Waals surface area contributed by atoms with Crippen LogP contribution in [0.25, 0.3) is 0 Å². The molecule has 118 valence electrons. The summed E-state index contributed by atoms with van der Waals surface area (Å²) in [6.45, 7) is 6.41. The Morgan fingerprint density at radius 1 is 1.48 bits per heavy atom. The maximum Gasteiger partial charge on any atom is 0.233 e. The van der Waals surface area contributed by atoms with Gasteiger partial charge in [0.1, 0.15) is 0 Å². The van der Waals surface area contributed by atoms with E-state index in [2.05, 4.69) is 33.1 Å². The molecule has 0 aromatic carbocycles. The van der Waals surface area contributed by atoms with Crippen LogP contribution in [0, 0.1) is 0 Å². The maximum absolute atomic E-state index is 12.2. The maximum atomic E-state index is 12.2. The minimum Gasteiger partial charge on any atom is -0.352 e. The lowest BCUT2D eigenvalue weighted by molar-refractivity contribution is -0.120. The topological polar surface area (TPSA) is 84.7 Å². The molecule has 2 N–H and O–H groups in total. The third-order valence-electron chi connectivity index (χ3n) is 3.60. The molecule has 0 saturated heterocycles. The molecule has 2 rings (SSSR count). The second-order valence-electron chi connectivity index (χ2n) is 5.29. The Bertz CT molecular complexity index is 446. The smallest absolute Gasteiger partial charge is 0.233 e. The molecule has 7 nitrogen and oxygen atoms in total. The lowest BCUT2D eigenvalue weighted by Gasteiger charge is -2.15. The van der Waals surface area contributed by atoms with Crippen molar-refractivity contribution in [3.63, 3.8) is 0 Å². The van der Waals surface area contributed by atoms with E-state index >= 15 is 0 Å². The average Bonchev–Trinajstić information content (AvgIpc) is 3.11. The van der Waals surface area contributed by atoms with E-state index in [4.69, 9.17) is 0 Å². The summed E-state index contributed by atoms with van der Waals surface area (Å²) in [7, 11) is 0. The molecule has 1 unspecified atom stereocenters. The van der Waals surface area contributed by atoms with Crippen LogP contribution in [0.2, 0.25) is 0 Å². The van der Waals surface area contributed by atoms with Gasteiger partial charge >= 0.3 is 0 Å². The predicted octanol–water partition coefficient (Wildman–Crippen LogP) is 0.822. The van der Waals surface area contributed by atoms with E-state index in [1.165, 1.54) is 24.6 Å². The normalized spacial score (nSPS) is 17.0. The second kappa shape index (κ2) is 8.33. The Morgan fingerprint density at radius 2 is 2.24 bits per heavy atom. The first-order chi connectivity index (χ1) is 10.2. The Kier molecular flexibility index (Phi) is 6.44. The summed E-state index contributed by atoms with van der Waals surface area (Å²) in [5.41, 5.74) is 0. The summed E-state index contributed by atoms with van der Waals surface area (Å²) in [6, 6.07) is 0.352. The molecule has 8 heteroatoms. The third kappa shape index (κ3) is 4.96. The standard InChI is InChI=1S/C13H24N6OS/c1-3-14-8-9-19-13(16-17-18-19)21-10(2)12(20)15-11-6-4-5-7-11/h10-11,14H,3-9H2,1-2H3,(H,15,20). The first kappa shape index (κ1) is 16.2. The molecule has 1 aromatic heterocycles. The average molecular weight is 312 g/mol. The van der Waals surface area contributed by atoms with Gasteiger partial charge < -0.3 is 10.6 Å². The van der Waals surface area contributed by atoms with Crippen LogP contribution in [0.15, 0.2) is 5.16 Å². The molecule has 1 fully saturated rings. The number of amides is 1. The van der Waals surface area contributed by atoms with Crippen molar-refractivity contribution in [3.05, 3.63) is 0 Å². The van der Waals surface area contributed by atoms with Gasteiger partial charge in [0.2, 0.25) is 11.1 Å². The van der Waals surface area contributed by atoms with Gasteiger partial charge in [-0.25, -0.2) is 4.68 Å². The van der Waals surface area contributed by atoms with Crippen molar-refractivity contribution < 1.29 is 4.79 Å². The molecule has 0 aliphatic heterocycles. The lowest BCUT2D eigenvalue weighted by atomic mass is 10.2. The number of rotatable bonds is 8. The fourth-order valence-corrected chi connectivity index (χ4v) is 3.21. The molecule has 1 saturated carbocycles. The number of tetrazole rings is 1. The van der Waals surface area contributed by atoms with Gasteiger partial charge in [-0.1, -0.05) is 31.5 Å². The molecular weight excluding hydrogens is 288 g/mol. The first-order valence-electron chi connectivity index (χ1n) is 7.64. The van der Waals surface area contributed by atoms with Crippen molar-refractivity contribution in [2.45, 2.75) is 62.5 Å². The van der Waals surface area contributed by atoms with Gasteiger partial charge in [0.15, 0.2) is 0 Å². The minimum atomic E-state index is -0.186. The molecule has 0 radical (unpaired) electrons. The van der Waals surface area contributed by atoms with E-state index in [0.717, 1.165) is 25.9 Å². The van der Waals surface area contributed by atoms with Gasteiger partial charge in [-0.15, -0.1) is 5.10 Å². The highest BCUT2D eigenvalue weighted by atomic mass is 32.2. The zero-order chi connectivity index (χ0) is 15.1. The molecule has 0 spiro atoms. The largest absolute Gasteiger partial charge is 0.352 e. The van der Waals surface area contributed by atoms with Crippen LogP contribution in [-0.2, 0) is 11.3 Å². The molecule has 1 aliphatic carbocycles. The zero-order valence-electron chi connectivity index (χ0n) is 12.7. The molecule has 1 atom stereocenters.